The normalized spacial score (nSPS) is 11.7. The number of carbonyl (C=O) groups is 3. The number of benzene rings is 1. The lowest BCUT2D eigenvalue weighted by Gasteiger charge is -2.28. The summed E-state index contributed by atoms with van der Waals surface area (Å²) < 4.78 is 1.08. The Morgan fingerprint density at radius 1 is 0.900 bits per heavy atom. The van der Waals surface area contributed by atoms with Gasteiger partial charge in [-0.05, 0) is 67.8 Å². The molecule has 0 aromatic heterocycles. The Kier molecular flexibility index (Phi) is 12.2. The number of aliphatic hydroxyl groups is 4. The highest BCUT2D eigenvalue weighted by atomic mass is 127. The molecule has 0 bridgehead atoms. The second-order valence-corrected chi connectivity index (χ2v) is 9.20. The lowest BCUT2D eigenvalue weighted by Crippen LogP contribution is -2.40. The first-order valence-electron chi connectivity index (χ1n) is 8.67. The Hall–Kier alpha value is -0.340. The van der Waals surface area contributed by atoms with Crippen molar-refractivity contribution in [3.63, 3.8) is 0 Å². The van der Waals surface area contributed by atoms with Crippen LogP contribution in [-0.2, 0) is 4.79 Å². The number of anilines is 1. The van der Waals surface area contributed by atoms with Crippen LogP contribution in [0.25, 0.3) is 0 Å². The van der Waals surface area contributed by atoms with Crippen LogP contribution in [0, 0.1) is 10.7 Å². The van der Waals surface area contributed by atoms with Crippen LogP contribution in [-0.4, -0.2) is 83.7 Å². The molecule has 1 aromatic rings. The first-order chi connectivity index (χ1) is 14.1. The standard InChI is InChI=1S/C17H22I3N3O7/c1-8(27)23(6-9(28)7-26)15-13(19)10(16(29)21-2-4-24)12(18)11(14(15)20)17(30)22-3-5-25/h9,24-26,28H,2-7H2,1H3,(H,21,29)(H,22,30). The van der Waals surface area contributed by atoms with E-state index in [4.69, 9.17) is 10.2 Å². The minimum atomic E-state index is -1.22. The number of amides is 3. The van der Waals surface area contributed by atoms with E-state index in [2.05, 4.69) is 10.6 Å². The van der Waals surface area contributed by atoms with E-state index in [-0.39, 0.29) is 49.7 Å². The zero-order valence-electron chi connectivity index (χ0n) is 15.9. The third-order valence-electron chi connectivity index (χ3n) is 3.80. The summed E-state index contributed by atoms with van der Waals surface area (Å²) in [7, 11) is 0. The van der Waals surface area contributed by atoms with Crippen LogP contribution in [0.4, 0.5) is 5.69 Å². The lowest BCUT2D eigenvalue weighted by atomic mass is 10.1. The summed E-state index contributed by atoms with van der Waals surface area (Å²) in [6.07, 6.45) is -1.22. The highest BCUT2D eigenvalue weighted by Gasteiger charge is 2.31. The summed E-state index contributed by atoms with van der Waals surface area (Å²) in [6, 6.07) is 0. The van der Waals surface area contributed by atoms with Crippen LogP contribution < -0.4 is 15.5 Å². The van der Waals surface area contributed by atoms with Gasteiger partial charge in [-0.15, -0.1) is 0 Å². The number of hydrogen-bond acceptors (Lipinski definition) is 7. The Bertz CT molecular complexity index is 760. The molecule has 13 heteroatoms. The minimum absolute atomic E-state index is 0.00198. The van der Waals surface area contributed by atoms with Gasteiger partial charge in [-0.3, -0.25) is 14.4 Å². The summed E-state index contributed by atoms with van der Waals surface area (Å²) in [5.74, 6) is -1.54. The Labute approximate surface area is 214 Å². The zero-order valence-corrected chi connectivity index (χ0v) is 22.4. The molecule has 6 N–H and O–H groups in total. The molecule has 0 aliphatic rings. The maximum atomic E-state index is 12.8. The second-order valence-electron chi connectivity index (χ2n) is 5.97. The van der Waals surface area contributed by atoms with Crippen LogP contribution in [0.5, 0.6) is 0 Å². The van der Waals surface area contributed by atoms with Crippen molar-refractivity contribution in [2.75, 3.05) is 44.4 Å². The average molecular weight is 761 g/mol. The highest BCUT2D eigenvalue weighted by molar-refractivity contribution is 14.1. The average Bonchev–Trinajstić information content (AvgIpc) is 2.69. The molecule has 0 aliphatic heterocycles. The Balaban J connectivity index is 3.79. The van der Waals surface area contributed by atoms with Gasteiger partial charge in [0.25, 0.3) is 11.8 Å². The predicted molar refractivity (Wildman–Crippen MR) is 135 cm³/mol. The third kappa shape index (κ3) is 6.83. The van der Waals surface area contributed by atoms with E-state index in [1.165, 1.54) is 11.8 Å². The second kappa shape index (κ2) is 13.3. The predicted octanol–water partition coefficient (Wildman–Crippen LogP) is -0.349. The van der Waals surface area contributed by atoms with E-state index >= 15 is 0 Å². The van der Waals surface area contributed by atoms with Gasteiger partial charge in [0.2, 0.25) is 5.91 Å². The van der Waals surface area contributed by atoms with Gasteiger partial charge in [0.15, 0.2) is 0 Å². The molecule has 10 nitrogen and oxygen atoms in total. The van der Waals surface area contributed by atoms with E-state index in [9.17, 15) is 24.6 Å². The molecule has 1 atom stereocenters. The fraction of sp³-hybridized carbons (Fsp3) is 0.471. The highest BCUT2D eigenvalue weighted by Crippen LogP contribution is 2.38. The summed E-state index contributed by atoms with van der Waals surface area (Å²) >= 11 is 5.65. The monoisotopic (exact) mass is 761 g/mol. The van der Waals surface area contributed by atoms with E-state index in [0.29, 0.717) is 10.7 Å². The molecular formula is C17H22I3N3O7. The molecule has 0 spiro atoms. The van der Waals surface area contributed by atoms with Crippen molar-refractivity contribution >= 4 is 91.2 Å². The smallest absolute Gasteiger partial charge is 0.253 e. The van der Waals surface area contributed by atoms with E-state index < -0.39 is 30.4 Å². The van der Waals surface area contributed by atoms with Crippen molar-refractivity contribution in [3.05, 3.63) is 21.8 Å². The van der Waals surface area contributed by atoms with Crippen molar-refractivity contribution in [1.82, 2.24) is 10.6 Å². The number of halogens is 3. The number of hydrogen-bond donors (Lipinski definition) is 6. The maximum Gasteiger partial charge on any atom is 0.253 e. The van der Waals surface area contributed by atoms with Crippen LogP contribution in [0.3, 0.4) is 0 Å². The van der Waals surface area contributed by atoms with Crippen LogP contribution in [0.15, 0.2) is 0 Å². The van der Waals surface area contributed by atoms with E-state index in [1.807, 2.05) is 67.8 Å². The molecule has 0 fully saturated rings. The van der Waals surface area contributed by atoms with Gasteiger partial charge in [-0.2, -0.15) is 0 Å². The fourth-order valence-corrected chi connectivity index (χ4v) is 7.18. The van der Waals surface area contributed by atoms with Gasteiger partial charge in [0.05, 0.1) is 56.4 Å². The molecule has 168 valence electrons. The van der Waals surface area contributed by atoms with Gasteiger partial charge < -0.3 is 36.0 Å². The van der Waals surface area contributed by atoms with E-state index in [0.717, 1.165) is 0 Å². The van der Waals surface area contributed by atoms with Gasteiger partial charge in [0.1, 0.15) is 0 Å². The molecule has 1 aromatic carbocycles. The molecule has 0 heterocycles. The number of rotatable bonds is 10. The summed E-state index contributed by atoms with van der Waals surface area (Å²) in [4.78, 5) is 39.1. The molecule has 0 aliphatic carbocycles. The fourth-order valence-electron chi connectivity index (χ4n) is 2.45. The van der Waals surface area contributed by atoms with Gasteiger partial charge in [-0.1, -0.05) is 0 Å². The summed E-state index contributed by atoms with van der Waals surface area (Å²) in [5, 5.41) is 42.2. The van der Waals surface area contributed by atoms with Crippen molar-refractivity contribution in [1.29, 1.82) is 0 Å². The number of nitrogens with zero attached hydrogens (tertiary/aromatic N) is 1. The van der Waals surface area contributed by atoms with Crippen LogP contribution in [0.2, 0.25) is 0 Å². The molecule has 0 radical (unpaired) electrons. The first-order valence-corrected chi connectivity index (χ1v) is 11.9. The molecule has 1 rings (SSSR count). The van der Waals surface area contributed by atoms with Crippen LogP contribution >= 0.6 is 67.8 Å². The summed E-state index contributed by atoms with van der Waals surface area (Å²) in [5.41, 5.74) is 0.526. The number of nitrogens with one attached hydrogen (secondary N) is 2. The third-order valence-corrected chi connectivity index (χ3v) is 6.98. The molecule has 0 saturated carbocycles. The zero-order chi connectivity index (χ0) is 23.0. The Morgan fingerprint density at radius 3 is 1.67 bits per heavy atom. The van der Waals surface area contributed by atoms with Crippen molar-refractivity contribution in [3.8, 4) is 0 Å². The first kappa shape index (κ1) is 27.7. The Morgan fingerprint density at radius 2 is 1.33 bits per heavy atom. The van der Waals surface area contributed by atoms with Gasteiger partial charge in [0, 0.05) is 23.6 Å². The topological polar surface area (TPSA) is 159 Å². The molecule has 30 heavy (non-hydrogen) atoms. The molecule has 0 saturated heterocycles. The van der Waals surface area contributed by atoms with Crippen LogP contribution in [0.1, 0.15) is 27.6 Å². The summed E-state index contributed by atoms with van der Waals surface area (Å²) in [6.45, 7) is -0.103. The quantitative estimate of drug-likeness (QED) is 0.178. The molecular weight excluding hydrogens is 739 g/mol. The van der Waals surface area contributed by atoms with Crippen molar-refractivity contribution in [2.45, 2.75) is 13.0 Å². The number of carbonyl (C=O) groups excluding carboxylic acids is 3. The van der Waals surface area contributed by atoms with E-state index in [1.54, 1.807) is 0 Å². The minimum Gasteiger partial charge on any atom is -0.395 e. The number of aliphatic hydroxyl groups excluding tert-OH is 4. The van der Waals surface area contributed by atoms with Gasteiger partial charge in [-0.25, -0.2) is 0 Å². The largest absolute Gasteiger partial charge is 0.395 e. The van der Waals surface area contributed by atoms with Gasteiger partial charge >= 0.3 is 0 Å². The maximum absolute atomic E-state index is 12.8. The molecule has 1 unspecified atom stereocenters. The van der Waals surface area contributed by atoms with Crippen molar-refractivity contribution < 1.29 is 34.8 Å². The lowest BCUT2D eigenvalue weighted by molar-refractivity contribution is -0.117. The molecule has 3 amide bonds. The SMILES string of the molecule is CC(=O)N(CC(O)CO)c1c(I)c(C(=O)NCCO)c(I)c(C(=O)NCCO)c1I. The van der Waals surface area contributed by atoms with Crippen molar-refractivity contribution in [2.24, 2.45) is 0 Å².